The third kappa shape index (κ3) is 3.73. The van der Waals surface area contributed by atoms with Crippen molar-refractivity contribution in [2.24, 2.45) is 0 Å². The summed E-state index contributed by atoms with van der Waals surface area (Å²) in [6, 6.07) is 6.94. The first-order valence-electron chi connectivity index (χ1n) is 10.3. The molecule has 0 spiro atoms. The molecule has 5 atom stereocenters. The maximum absolute atomic E-state index is 13.1. The van der Waals surface area contributed by atoms with Crippen molar-refractivity contribution in [3.8, 4) is 34.3 Å². The van der Waals surface area contributed by atoms with Crippen molar-refractivity contribution in [3.63, 3.8) is 0 Å². The molecule has 0 unspecified atom stereocenters. The van der Waals surface area contributed by atoms with E-state index in [1.807, 2.05) is 0 Å². The number of aliphatic hydroxyl groups excluding tert-OH is 4. The fraction of sp³-hybridized carbons (Fsp3) is 0.348. The van der Waals surface area contributed by atoms with Gasteiger partial charge in [-0.1, -0.05) is 0 Å². The number of aliphatic hydroxyl groups is 4. The standard InChI is InChI=1S/C23H24O11/c1-31-22-15(21-19(30)18(29)16(27)13(8-24)34-21)20-14(17(28)23(22)32-2)11(26)7-12(33-20)9-3-5-10(25)6-4-9/h3-7,13,16,18-19,21,24-25,27-30H,8H2,1-2H3/t13-,16-,18+,19-,21+/m1/s1. The van der Waals surface area contributed by atoms with Crippen molar-refractivity contribution in [2.45, 2.75) is 30.5 Å². The van der Waals surface area contributed by atoms with Gasteiger partial charge in [0.1, 0.15) is 47.4 Å². The molecule has 0 radical (unpaired) electrons. The minimum atomic E-state index is -1.73. The van der Waals surface area contributed by atoms with E-state index in [4.69, 9.17) is 18.6 Å². The molecule has 0 amide bonds. The molecule has 1 aromatic heterocycles. The predicted molar refractivity (Wildman–Crippen MR) is 117 cm³/mol. The van der Waals surface area contributed by atoms with Gasteiger partial charge >= 0.3 is 0 Å². The van der Waals surface area contributed by atoms with Crippen LogP contribution in [0.5, 0.6) is 23.0 Å². The normalized spacial score (nSPS) is 24.8. The van der Waals surface area contributed by atoms with Gasteiger partial charge in [-0.3, -0.25) is 4.79 Å². The molecule has 11 heteroatoms. The molecule has 182 valence electrons. The summed E-state index contributed by atoms with van der Waals surface area (Å²) < 4.78 is 22.3. The Kier molecular flexibility index (Phi) is 6.39. The quantitative estimate of drug-likeness (QED) is 0.300. The van der Waals surface area contributed by atoms with Crippen LogP contribution >= 0.6 is 0 Å². The van der Waals surface area contributed by atoms with Crippen molar-refractivity contribution in [2.75, 3.05) is 20.8 Å². The summed E-state index contributed by atoms with van der Waals surface area (Å²) in [6.07, 6.45) is -7.78. The van der Waals surface area contributed by atoms with Crippen LogP contribution in [0.4, 0.5) is 0 Å². The number of phenols is 2. The Morgan fingerprint density at radius 1 is 0.941 bits per heavy atom. The highest BCUT2D eigenvalue weighted by Gasteiger charge is 2.47. The van der Waals surface area contributed by atoms with E-state index in [0.29, 0.717) is 5.56 Å². The van der Waals surface area contributed by atoms with Crippen molar-refractivity contribution in [1.82, 2.24) is 0 Å². The van der Waals surface area contributed by atoms with E-state index in [-0.39, 0.29) is 39.5 Å². The van der Waals surface area contributed by atoms with E-state index in [1.54, 1.807) is 0 Å². The minimum Gasteiger partial charge on any atom is -0.508 e. The summed E-state index contributed by atoms with van der Waals surface area (Å²) in [4.78, 5) is 13.1. The SMILES string of the molecule is COc1c(OC)c(O)c2c(=O)cc(-c3ccc(O)cc3)oc2c1[C@@H]1O[C@H](CO)[C@@H](O)[C@H](O)[C@H]1O. The Balaban J connectivity index is 2.06. The molecule has 0 aliphatic carbocycles. The summed E-state index contributed by atoms with van der Waals surface area (Å²) in [6.45, 7) is -0.681. The molecule has 1 aliphatic heterocycles. The van der Waals surface area contributed by atoms with Crippen LogP contribution in [-0.2, 0) is 4.74 Å². The van der Waals surface area contributed by atoms with Gasteiger partial charge < -0.3 is 49.3 Å². The zero-order valence-electron chi connectivity index (χ0n) is 18.2. The lowest BCUT2D eigenvalue weighted by Gasteiger charge is -2.40. The van der Waals surface area contributed by atoms with Gasteiger partial charge in [-0.05, 0) is 24.3 Å². The van der Waals surface area contributed by atoms with Gasteiger partial charge in [0.2, 0.25) is 5.75 Å². The van der Waals surface area contributed by atoms with Gasteiger partial charge in [0, 0.05) is 11.6 Å². The Morgan fingerprint density at radius 2 is 1.59 bits per heavy atom. The Hall–Kier alpha value is -3.35. The fourth-order valence-corrected chi connectivity index (χ4v) is 4.11. The highest BCUT2D eigenvalue weighted by molar-refractivity contribution is 5.93. The number of phenolic OH excluding ortho intramolecular Hbond substituents is 2. The van der Waals surface area contributed by atoms with E-state index >= 15 is 0 Å². The smallest absolute Gasteiger partial charge is 0.204 e. The van der Waals surface area contributed by atoms with Crippen LogP contribution < -0.4 is 14.9 Å². The van der Waals surface area contributed by atoms with Crippen LogP contribution in [0.25, 0.3) is 22.3 Å². The van der Waals surface area contributed by atoms with Crippen molar-refractivity contribution in [3.05, 3.63) is 46.1 Å². The molecular weight excluding hydrogens is 452 g/mol. The number of benzene rings is 2. The Labute approximate surface area is 192 Å². The van der Waals surface area contributed by atoms with E-state index in [1.165, 1.54) is 38.5 Å². The van der Waals surface area contributed by atoms with Crippen LogP contribution in [0.1, 0.15) is 11.7 Å². The zero-order valence-corrected chi connectivity index (χ0v) is 18.2. The molecule has 2 heterocycles. The highest BCUT2D eigenvalue weighted by Crippen LogP contribution is 2.50. The number of methoxy groups -OCH3 is 2. The van der Waals surface area contributed by atoms with Gasteiger partial charge in [-0.25, -0.2) is 0 Å². The average molecular weight is 476 g/mol. The molecule has 1 fully saturated rings. The second-order valence-electron chi connectivity index (χ2n) is 7.80. The van der Waals surface area contributed by atoms with Crippen molar-refractivity contribution >= 4 is 11.0 Å². The minimum absolute atomic E-state index is 0.00190. The summed E-state index contributed by atoms with van der Waals surface area (Å²) in [5.74, 6) is -0.906. The van der Waals surface area contributed by atoms with Gasteiger partial charge in [-0.2, -0.15) is 0 Å². The monoisotopic (exact) mass is 476 g/mol. The predicted octanol–water partition coefficient (Wildman–Crippen LogP) is 0.403. The number of aromatic hydroxyl groups is 2. The summed E-state index contributed by atoms with van der Waals surface area (Å²) >= 11 is 0. The molecule has 2 aromatic carbocycles. The second-order valence-corrected chi connectivity index (χ2v) is 7.80. The first-order valence-corrected chi connectivity index (χ1v) is 10.3. The molecule has 1 aliphatic rings. The molecule has 1 saturated heterocycles. The van der Waals surface area contributed by atoms with E-state index < -0.39 is 48.3 Å². The third-order valence-corrected chi connectivity index (χ3v) is 5.83. The topological polar surface area (TPSA) is 179 Å². The van der Waals surface area contributed by atoms with Gasteiger partial charge in [-0.15, -0.1) is 0 Å². The molecule has 0 saturated carbocycles. The molecular formula is C23H24O11. The molecule has 6 N–H and O–H groups in total. The number of hydrogen-bond acceptors (Lipinski definition) is 11. The largest absolute Gasteiger partial charge is 0.508 e. The first kappa shape index (κ1) is 23.8. The van der Waals surface area contributed by atoms with Gasteiger partial charge in [0.15, 0.2) is 22.5 Å². The molecule has 0 bridgehead atoms. The van der Waals surface area contributed by atoms with Gasteiger partial charge in [0.05, 0.1) is 26.4 Å². The number of hydrogen-bond donors (Lipinski definition) is 6. The fourth-order valence-electron chi connectivity index (χ4n) is 4.11. The lowest BCUT2D eigenvalue weighted by Crippen LogP contribution is -2.55. The van der Waals surface area contributed by atoms with Crippen LogP contribution in [-0.4, -0.2) is 75.9 Å². The summed E-state index contributed by atoms with van der Waals surface area (Å²) in [5, 5.41) is 60.9. The highest BCUT2D eigenvalue weighted by atomic mass is 16.5. The Bertz CT molecular complexity index is 1250. The summed E-state index contributed by atoms with van der Waals surface area (Å²) in [5.41, 5.74) is -0.545. The van der Waals surface area contributed by atoms with E-state index in [2.05, 4.69) is 0 Å². The van der Waals surface area contributed by atoms with Crippen molar-refractivity contribution in [1.29, 1.82) is 0 Å². The molecule has 34 heavy (non-hydrogen) atoms. The number of rotatable bonds is 5. The lowest BCUT2D eigenvalue weighted by atomic mass is 9.89. The summed E-state index contributed by atoms with van der Waals surface area (Å²) in [7, 11) is 2.48. The van der Waals surface area contributed by atoms with Crippen LogP contribution in [0, 0.1) is 0 Å². The maximum Gasteiger partial charge on any atom is 0.204 e. The van der Waals surface area contributed by atoms with E-state index in [0.717, 1.165) is 6.07 Å². The van der Waals surface area contributed by atoms with Crippen LogP contribution in [0.2, 0.25) is 0 Å². The van der Waals surface area contributed by atoms with Crippen molar-refractivity contribution < 1.29 is 49.3 Å². The average Bonchev–Trinajstić information content (AvgIpc) is 2.83. The maximum atomic E-state index is 13.1. The second kappa shape index (κ2) is 9.12. The molecule has 4 rings (SSSR count). The Morgan fingerprint density at radius 3 is 2.18 bits per heavy atom. The number of ether oxygens (including phenoxy) is 3. The van der Waals surface area contributed by atoms with E-state index in [9.17, 15) is 35.4 Å². The van der Waals surface area contributed by atoms with Gasteiger partial charge in [0.25, 0.3) is 0 Å². The molecule has 3 aromatic rings. The lowest BCUT2D eigenvalue weighted by molar-refractivity contribution is -0.231. The van der Waals surface area contributed by atoms with Crippen LogP contribution in [0.3, 0.4) is 0 Å². The third-order valence-electron chi connectivity index (χ3n) is 5.83. The zero-order chi connectivity index (χ0) is 24.7. The van der Waals surface area contributed by atoms with Crippen LogP contribution in [0.15, 0.2) is 39.5 Å². The number of fused-ring (bicyclic) bond motifs is 1. The first-order chi connectivity index (χ1) is 16.2. The molecule has 11 nitrogen and oxygen atoms in total.